The van der Waals surface area contributed by atoms with Gasteiger partial charge in [-0.1, -0.05) is 23.9 Å². The van der Waals surface area contributed by atoms with E-state index in [9.17, 15) is 4.79 Å². The third-order valence-electron chi connectivity index (χ3n) is 4.98. The fourth-order valence-corrected chi connectivity index (χ4v) is 4.08. The Labute approximate surface area is 186 Å². The third-order valence-corrected chi connectivity index (χ3v) is 6.00. The van der Waals surface area contributed by atoms with Gasteiger partial charge < -0.3 is 18.8 Å². The van der Waals surface area contributed by atoms with Crippen molar-refractivity contribution < 1.29 is 19.0 Å². The number of carbonyl (C=O) groups is 1. The number of hydrogen-bond acceptors (Lipinski definition) is 7. The predicted octanol–water partition coefficient (Wildman–Crippen LogP) is 4.56. The third kappa shape index (κ3) is 5.02. The summed E-state index contributed by atoms with van der Waals surface area (Å²) in [6.45, 7) is 5.75. The predicted molar refractivity (Wildman–Crippen MR) is 121 cm³/mol. The molecular weight excluding hydrogens is 414 g/mol. The van der Waals surface area contributed by atoms with Gasteiger partial charge >= 0.3 is 0 Å². The van der Waals surface area contributed by atoms with E-state index in [0.717, 1.165) is 16.9 Å². The maximum atomic E-state index is 12.8. The molecule has 31 heavy (non-hydrogen) atoms. The van der Waals surface area contributed by atoms with Gasteiger partial charge in [0.15, 0.2) is 34.4 Å². The Balaban J connectivity index is 1.69. The summed E-state index contributed by atoms with van der Waals surface area (Å²) in [7, 11) is 5.10. The molecule has 8 heteroatoms. The Hall–Kier alpha value is -3.00. The minimum Gasteiger partial charge on any atom is -0.496 e. The first-order chi connectivity index (χ1) is 14.8. The van der Waals surface area contributed by atoms with Crippen LogP contribution in [-0.4, -0.2) is 40.5 Å². The zero-order chi connectivity index (χ0) is 22.5. The van der Waals surface area contributed by atoms with E-state index in [0.29, 0.717) is 28.0 Å². The molecule has 3 rings (SSSR count). The summed E-state index contributed by atoms with van der Waals surface area (Å²) in [5.41, 5.74) is 2.52. The first kappa shape index (κ1) is 22.7. The van der Waals surface area contributed by atoms with Crippen LogP contribution in [0.1, 0.15) is 40.3 Å². The molecule has 0 spiro atoms. The zero-order valence-electron chi connectivity index (χ0n) is 18.6. The molecule has 0 N–H and O–H groups in total. The average Bonchev–Trinajstić information content (AvgIpc) is 3.14. The van der Waals surface area contributed by atoms with Crippen molar-refractivity contribution in [3.05, 3.63) is 58.9 Å². The highest BCUT2D eigenvalue weighted by Crippen LogP contribution is 2.31. The number of ketones is 1. The quantitative estimate of drug-likeness (QED) is 0.356. The SMILES string of the molecule is COc1cc(C)c(C(=O)CSc2nnc(C(C)Oc3ccccc3OC)n2C)cc1C. The summed E-state index contributed by atoms with van der Waals surface area (Å²) in [4.78, 5) is 12.8. The van der Waals surface area contributed by atoms with Crippen LogP contribution in [0.5, 0.6) is 17.2 Å². The number of carbonyl (C=O) groups excluding carboxylic acids is 1. The van der Waals surface area contributed by atoms with E-state index in [1.54, 1.807) is 14.2 Å². The summed E-state index contributed by atoms with van der Waals surface area (Å²) < 4.78 is 18.5. The Kier molecular flexibility index (Phi) is 7.22. The van der Waals surface area contributed by atoms with E-state index in [4.69, 9.17) is 14.2 Å². The van der Waals surface area contributed by atoms with E-state index in [2.05, 4.69) is 10.2 Å². The largest absolute Gasteiger partial charge is 0.496 e. The van der Waals surface area contributed by atoms with Gasteiger partial charge in [0.25, 0.3) is 0 Å². The van der Waals surface area contributed by atoms with Gasteiger partial charge in [-0.25, -0.2) is 0 Å². The van der Waals surface area contributed by atoms with Crippen LogP contribution in [0.15, 0.2) is 41.6 Å². The number of hydrogen-bond donors (Lipinski definition) is 0. The molecule has 7 nitrogen and oxygen atoms in total. The molecule has 164 valence electrons. The first-order valence-corrected chi connectivity index (χ1v) is 10.8. The van der Waals surface area contributed by atoms with Crippen molar-refractivity contribution >= 4 is 17.5 Å². The second-order valence-corrected chi connectivity index (χ2v) is 8.10. The van der Waals surface area contributed by atoms with Crippen molar-refractivity contribution in [1.29, 1.82) is 0 Å². The first-order valence-electron chi connectivity index (χ1n) is 9.85. The van der Waals surface area contributed by atoms with Gasteiger partial charge in [0.05, 0.1) is 20.0 Å². The molecule has 0 bridgehead atoms. The Morgan fingerprint density at radius 1 is 1.03 bits per heavy atom. The van der Waals surface area contributed by atoms with Gasteiger partial charge in [0.2, 0.25) is 0 Å². The van der Waals surface area contributed by atoms with E-state index >= 15 is 0 Å². The molecule has 1 heterocycles. The molecule has 0 saturated heterocycles. The summed E-state index contributed by atoms with van der Waals surface area (Å²) in [6.07, 6.45) is -0.342. The van der Waals surface area contributed by atoms with Crippen molar-refractivity contribution in [2.45, 2.75) is 32.0 Å². The number of para-hydroxylation sites is 2. The number of benzene rings is 2. The number of nitrogens with zero attached hydrogens (tertiary/aromatic N) is 3. The minimum absolute atomic E-state index is 0.0381. The molecule has 0 amide bonds. The average molecular weight is 442 g/mol. The van der Waals surface area contributed by atoms with Gasteiger partial charge in [0.1, 0.15) is 5.75 Å². The van der Waals surface area contributed by atoms with Crippen LogP contribution in [0.4, 0.5) is 0 Å². The van der Waals surface area contributed by atoms with Gasteiger partial charge in [-0.15, -0.1) is 10.2 Å². The smallest absolute Gasteiger partial charge is 0.191 e. The second kappa shape index (κ2) is 9.87. The number of thioether (sulfide) groups is 1. The molecule has 3 aromatic rings. The number of ether oxygens (including phenoxy) is 3. The highest BCUT2D eigenvalue weighted by atomic mass is 32.2. The van der Waals surface area contributed by atoms with Crippen LogP contribution in [0.3, 0.4) is 0 Å². The van der Waals surface area contributed by atoms with Crippen LogP contribution in [-0.2, 0) is 7.05 Å². The molecule has 1 aromatic heterocycles. The normalized spacial score (nSPS) is 11.8. The lowest BCUT2D eigenvalue weighted by Crippen LogP contribution is -2.11. The number of rotatable bonds is 9. The van der Waals surface area contributed by atoms with E-state index < -0.39 is 0 Å². The van der Waals surface area contributed by atoms with Crippen molar-refractivity contribution in [2.75, 3.05) is 20.0 Å². The molecule has 0 aliphatic carbocycles. The lowest BCUT2D eigenvalue weighted by Gasteiger charge is -2.16. The maximum Gasteiger partial charge on any atom is 0.191 e. The van der Waals surface area contributed by atoms with Gasteiger partial charge in [-0.2, -0.15) is 0 Å². The summed E-state index contributed by atoms with van der Waals surface area (Å²) in [5.74, 6) is 3.04. The molecule has 2 aromatic carbocycles. The van der Waals surface area contributed by atoms with Crippen molar-refractivity contribution in [2.24, 2.45) is 7.05 Å². The fraction of sp³-hybridized carbons (Fsp3) is 0.348. The standard InChI is InChI=1S/C23H27N3O4S/c1-14-12-21(29-6)15(2)11-17(14)18(27)13-31-23-25-24-22(26(23)4)16(3)30-20-10-8-7-9-19(20)28-5/h7-12,16H,13H2,1-6H3. The number of Topliss-reactive ketones (excluding diaryl/α,β-unsaturated/α-hetero) is 1. The van der Waals surface area contributed by atoms with Crippen LogP contribution in [0.25, 0.3) is 0 Å². The molecule has 0 fully saturated rings. The maximum absolute atomic E-state index is 12.8. The van der Waals surface area contributed by atoms with Crippen molar-refractivity contribution in [1.82, 2.24) is 14.8 Å². The van der Waals surface area contributed by atoms with Gasteiger partial charge in [0, 0.05) is 12.6 Å². The van der Waals surface area contributed by atoms with E-state index in [-0.39, 0.29) is 17.6 Å². The van der Waals surface area contributed by atoms with E-state index in [1.165, 1.54) is 11.8 Å². The summed E-state index contributed by atoms with van der Waals surface area (Å²) in [6, 6.07) is 11.2. The molecule has 1 atom stereocenters. The highest BCUT2D eigenvalue weighted by molar-refractivity contribution is 7.99. The molecule has 0 radical (unpaired) electrons. The molecular formula is C23H27N3O4S. The summed E-state index contributed by atoms with van der Waals surface area (Å²) >= 11 is 1.36. The molecule has 0 saturated carbocycles. The van der Waals surface area contributed by atoms with Gasteiger partial charge in [-0.3, -0.25) is 4.79 Å². The van der Waals surface area contributed by atoms with Crippen molar-refractivity contribution in [3.8, 4) is 17.2 Å². The number of aryl methyl sites for hydroxylation is 2. The van der Waals surface area contributed by atoms with Crippen molar-refractivity contribution in [3.63, 3.8) is 0 Å². The van der Waals surface area contributed by atoms with E-state index in [1.807, 2.05) is 68.8 Å². The molecule has 0 aliphatic rings. The second-order valence-electron chi connectivity index (χ2n) is 7.16. The van der Waals surface area contributed by atoms with Crippen LogP contribution in [0, 0.1) is 13.8 Å². The monoisotopic (exact) mass is 441 g/mol. The fourth-order valence-electron chi connectivity index (χ4n) is 3.28. The lowest BCUT2D eigenvalue weighted by atomic mass is 10.0. The topological polar surface area (TPSA) is 75.5 Å². The lowest BCUT2D eigenvalue weighted by molar-refractivity contribution is 0.102. The Bertz CT molecular complexity index is 1080. The minimum atomic E-state index is -0.342. The molecule has 1 unspecified atom stereocenters. The van der Waals surface area contributed by atoms with Crippen LogP contribution >= 0.6 is 11.8 Å². The van der Waals surface area contributed by atoms with Gasteiger partial charge in [-0.05, 0) is 56.2 Å². The Morgan fingerprint density at radius 2 is 1.71 bits per heavy atom. The van der Waals surface area contributed by atoms with Crippen LogP contribution in [0.2, 0.25) is 0 Å². The number of aromatic nitrogens is 3. The highest BCUT2D eigenvalue weighted by Gasteiger charge is 2.20. The number of methoxy groups -OCH3 is 2. The van der Waals surface area contributed by atoms with Crippen LogP contribution < -0.4 is 14.2 Å². The summed E-state index contributed by atoms with van der Waals surface area (Å²) in [5, 5.41) is 9.17. The molecule has 0 aliphatic heterocycles. The Morgan fingerprint density at radius 3 is 2.39 bits per heavy atom. The zero-order valence-corrected chi connectivity index (χ0v) is 19.4.